The van der Waals surface area contributed by atoms with Crippen LogP contribution in [0.1, 0.15) is 43.6 Å². The van der Waals surface area contributed by atoms with Gasteiger partial charge < -0.3 is 5.11 Å². The highest BCUT2D eigenvalue weighted by atomic mass is 32.1. The van der Waals surface area contributed by atoms with Crippen molar-refractivity contribution in [2.24, 2.45) is 0 Å². The van der Waals surface area contributed by atoms with Crippen molar-refractivity contribution in [3.05, 3.63) is 21.9 Å². The summed E-state index contributed by atoms with van der Waals surface area (Å²) in [6.07, 6.45) is 3.95. The maximum Gasteiger partial charge on any atom is 0.104 e. The fourth-order valence-corrected chi connectivity index (χ4v) is 3.50. The highest BCUT2D eigenvalue weighted by Crippen LogP contribution is 2.27. The van der Waals surface area contributed by atoms with Gasteiger partial charge in [-0.3, -0.25) is 4.90 Å². The maximum atomic E-state index is 8.78. The topological polar surface area (TPSA) is 23.5 Å². The zero-order chi connectivity index (χ0) is 13.0. The van der Waals surface area contributed by atoms with Gasteiger partial charge in [-0.1, -0.05) is 18.3 Å². The highest BCUT2D eigenvalue weighted by molar-refractivity contribution is 7.10. The molecule has 0 spiro atoms. The van der Waals surface area contributed by atoms with Gasteiger partial charge in [0.05, 0.1) is 0 Å². The normalized spacial score (nSPS) is 24.6. The van der Waals surface area contributed by atoms with Crippen LogP contribution in [0, 0.1) is 11.8 Å². The Morgan fingerprint density at radius 1 is 1.39 bits per heavy atom. The number of likely N-dealkylation sites (tertiary alicyclic amines) is 1. The highest BCUT2D eigenvalue weighted by Gasteiger charge is 2.25. The molecule has 0 bridgehead atoms. The van der Waals surface area contributed by atoms with E-state index in [0.29, 0.717) is 12.1 Å². The van der Waals surface area contributed by atoms with Crippen LogP contribution in [-0.2, 0) is 6.54 Å². The smallest absolute Gasteiger partial charge is 0.104 e. The van der Waals surface area contributed by atoms with Crippen LogP contribution in [0.4, 0.5) is 0 Å². The van der Waals surface area contributed by atoms with Gasteiger partial charge in [0.15, 0.2) is 0 Å². The van der Waals surface area contributed by atoms with Crippen molar-refractivity contribution in [2.45, 2.75) is 51.7 Å². The number of nitrogens with zero attached hydrogens (tertiary/aromatic N) is 1. The van der Waals surface area contributed by atoms with E-state index >= 15 is 0 Å². The molecule has 1 fully saturated rings. The molecule has 0 unspecified atom stereocenters. The van der Waals surface area contributed by atoms with Crippen LogP contribution in [0.2, 0.25) is 0 Å². The lowest BCUT2D eigenvalue weighted by atomic mass is 9.97. The summed E-state index contributed by atoms with van der Waals surface area (Å²) >= 11 is 1.77. The summed E-state index contributed by atoms with van der Waals surface area (Å²) in [5, 5.41) is 10.9. The average Bonchev–Trinajstić information content (AvgIpc) is 2.79. The molecule has 1 aromatic heterocycles. The minimum absolute atomic E-state index is 0.0637. The zero-order valence-electron chi connectivity index (χ0n) is 11.1. The van der Waals surface area contributed by atoms with Crippen LogP contribution in [0.5, 0.6) is 0 Å². The third-order valence-corrected chi connectivity index (χ3v) is 4.66. The van der Waals surface area contributed by atoms with E-state index in [2.05, 4.69) is 42.0 Å². The molecule has 2 atom stereocenters. The van der Waals surface area contributed by atoms with E-state index < -0.39 is 0 Å². The van der Waals surface area contributed by atoms with Gasteiger partial charge in [-0.05, 0) is 38.1 Å². The molecular weight excluding hydrogens is 242 g/mol. The summed E-state index contributed by atoms with van der Waals surface area (Å²) in [5.74, 6) is 5.79. The second-order valence-corrected chi connectivity index (χ2v) is 6.02. The van der Waals surface area contributed by atoms with Gasteiger partial charge in [0.25, 0.3) is 0 Å². The molecular formula is C15H21NOS. The molecule has 1 saturated heterocycles. The number of hydrogen-bond donors (Lipinski definition) is 1. The van der Waals surface area contributed by atoms with Crippen molar-refractivity contribution < 1.29 is 5.11 Å². The van der Waals surface area contributed by atoms with Crippen molar-refractivity contribution in [3.63, 3.8) is 0 Å². The van der Waals surface area contributed by atoms with Gasteiger partial charge in [-0.15, -0.1) is 11.3 Å². The standard InChI is InChI=1S/C15H21NOS/c1-12-5-3-6-13(2)16(12)11-15-14(7-4-9-17)8-10-18-15/h8,10,12-13,17H,3,5-6,9,11H2,1-2H3/t12-,13+. The number of thiophene rings is 1. The molecule has 1 N–H and O–H groups in total. The van der Waals surface area contributed by atoms with E-state index in [1.165, 1.54) is 24.1 Å². The van der Waals surface area contributed by atoms with E-state index in [1.807, 2.05) is 0 Å². The molecule has 2 nitrogen and oxygen atoms in total. The summed E-state index contributed by atoms with van der Waals surface area (Å²) in [5.41, 5.74) is 1.08. The minimum Gasteiger partial charge on any atom is -0.384 e. The van der Waals surface area contributed by atoms with Crippen LogP contribution in [0.3, 0.4) is 0 Å². The van der Waals surface area contributed by atoms with E-state index in [9.17, 15) is 0 Å². The number of piperidine rings is 1. The fourth-order valence-electron chi connectivity index (χ4n) is 2.66. The molecule has 0 amide bonds. The van der Waals surface area contributed by atoms with Crippen molar-refractivity contribution >= 4 is 11.3 Å². The molecule has 3 heteroatoms. The number of rotatable bonds is 2. The van der Waals surface area contributed by atoms with Crippen molar-refractivity contribution in [3.8, 4) is 11.8 Å². The van der Waals surface area contributed by atoms with Crippen LogP contribution in [-0.4, -0.2) is 28.7 Å². The van der Waals surface area contributed by atoms with E-state index in [4.69, 9.17) is 5.11 Å². The van der Waals surface area contributed by atoms with Crippen LogP contribution in [0.15, 0.2) is 11.4 Å². The third-order valence-electron chi connectivity index (χ3n) is 3.75. The van der Waals surface area contributed by atoms with Crippen molar-refractivity contribution in [1.82, 2.24) is 4.90 Å². The molecule has 2 heterocycles. The molecule has 1 aliphatic heterocycles. The predicted molar refractivity (Wildman–Crippen MR) is 76.6 cm³/mol. The second kappa shape index (κ2) is 6.38. The molecule has 18 heavy (non-hydrogen) atoms. The summed E-state index contributed by atoms with van der Waals surface area (Å²) in [6.45, 7) is 5.58. The van der Waals surface area contributed by atoms with Gasteiger partial charge in [0.1, 0.15) is 6.61 Å². The molecule has 1 aliphatic rings. The first-order chi connectivity index (χ1) is 8.72. The van der Waals surface area contributed by atoms with Gasteiger partial charge in [-0.2, -0.15) is 0 Å². The molecule has 98 valence electrons. The van der Waals surface area contributed by atoms with Gasteiger partial charge in [0, 0.05) is 29.1 Å². The lowest BCUT2D eigenvalue weighted by Gasteiger charge is -2.38. The van der Waals surface area contributed by atoms with Gasteiger partial charge in [-0.25, -0.2) is 0 Å². The maximum absolute atomic E-state index is 8.78. The first-order valence-corrected chi connectivity index (χ1v) is 7.52. The Kier molecular flexibility index (Phi) is 4.82. The Labute approximate surface area is 114 Å². The number of aliphatic hydroxyl groups excluding tert-OH is 1. The van der Waals surface area contributed by atoms with Crippen molar-refractivity contribution in [1.29, 1.82) is 0 Å². The largest absolute Gasteiger partial charge is 0.384 e. The monoisotopic (exact) mass is 263 g/mol. The van der Waals surface area contributed by atoms with Crippen LogP contribution < -0.4 is 0 Å². The third kappa shape index (κ3) is 3.14. The summed E-state index contributed by atoms with van der Waals surface area (Å²) in [7, 11) is 0. The number of hydrogen-bond acceptors (Lipinski definition) is 3. The van der Waals surface area contributed by atoms with Crippen LogP contribution in [0.25, 0.3) is 0 Å². The lowest BCUT2D eigenvalue weighted by Crippen LogP contribution is -2.42. The molecule has 0 aromatic carbocycles. The lowest BCUT2D eigenvalue weighted by molar-refractivity contribution is 0.0964. The van der Waals surface area contributed by atoms with E-state index in [-0.39, 0.29) is 6.61 Å². The Morgan fingerprint density at radius 3 is 2.78 bits per heavy atom. The van der Waals surface area contributed by atoms with Crippen molar-refractivity contribution in [2.75, 3.05) is 6.61 Å². The quantitative estimate of drug-likeness (QED) is 0.829. The van der Waals surface area contributed by atoms with E-state index in [1.54, 1.807) is 11.3 Å². The second-order valence-electron chi connectivity index (χ2n) is 5.02. The molecule has 0 radical (unpaired) electrons. The summed E-state index contributed by atoms with van der Waals surface area (Å²) in [6, 6.07) is 3.38. The Balaban J connectivity index is 2.10. The van der Waals surface area contributed by atoms with Crippen LogP contribution >= 0.6 is 11.3 Å². The predicted octanol–water partition coefficient (Wildman–Crippen LogP) is 2.85. The Morgan fingerprint density at radius 2 is 2.11 bits per heavy atom. The summed E-state index contributed by atoms with van der Waals surface area (Å²) in [4.78, 5) is 3.91. The average molecular weight is 263 g/mol. The minimum atomic E-state index is -0.0637. The fraction of sp³-hybridized carbons (Fsp3) is 0.600. The first-order valence-electron chi connectivity index (χ1n) is 6.64. The zero-order valence-corrected chi connectivity index (χ0v) is 12.0. The molecule has 1 aromatic rings. The Hall–Kier alpha value is -0.820. The van der Waals surface area contributed by atoms with E-state index in [0.717, 1.165) is 12.1 Å². The Bertz CT molecular complexity index is 433. The van der Waals surface area contributed by atoms with Gasteiger partial charge >= 0.3 is 0 Å². The number of aliphatic hydroxyl groups is 1. The first kappa shape index (κ1) is 13.6. The summed E-state index contributed by atoms with van der Waals surface area (Å²) < 4.78 is 0. The van der Waals surface area contributed by atoms with Gasteiger partial charge in [0.2, 0.25) is 0 Å². The SMILES string of the molecule is C[C@@H]1CCC[C@H](C)N1Cc1sccc1C#CCO. The molecule has 2 rings (SSSR count). The molecule has 0 saturated carbocycles. The molecule has 0 aliphatic carbocycles.